The van der Waals surface area contributed by atoms with E-state index in [2.05, 4.69) is 41.5 Å². The fraction of sp³-hybridized carbons (Fsp3) is 0.600. The first-order chi connectivity index (χ1) is 8.42. The predicted molar refractivity (Wildman–Crippen MR) is 76.7 cm³/mol. The molecule has 18 heavy (non-hydrogen) atoms. The lowest BCUT2D eigenvalue weighted by atomic mass is 10.0. The molecule has 0 amide bonds. The Kier molecular flexibility index (Phi) is 5.79. The van der Waals surface area contributed by atoms with Crippen LogP contribution in [-0.2, 0) is 0 Å². The highest BCUT2D eigenvalue weighted by Gasteiger charge is 2.16. The summed E-state index contributed by atoms with van der Waals surface area (Å²) in [4.78, 5) is 2.17. The molecular weight excluding hydrogens is 224 g/mol. The molecule has 1 aromatic rings. The molecule has 0 radical (unpaired) electrons. The molecule has 3 heteroatoms. The molecule has 0 fully saturated rings. The molecule has 102 valence electrons. The second-order valence-corrected chi connectivity index (χ2v) is 5.59. The van der Waals surface area contributed by atoms with Crippen molar-refractivity contribution in [3.05, 3.63) is 35.9 Å². The van der Waals surface area contributed by atoms with E-state index in [0.29, 0.717) is 12.6 Å². The molecule has 0 heterocycles. The van der Waals surface area contributed by atoms with Crippen molar-refractivity contribution in [2.75, 3.05) is 27.2 Å². The third-order valence-electron chi connectivity index (χ3n) is 3.01. The molecular formula is C15H26N2O. The average molecular weight is 250 g/mol. The van der Waals surface area contributed by atoms with Crippen LogP contribution in [0.3, 0.4) is 0 Å². The maximum atomic E-state index is 9.77. The van der Waals surface area contributed by atoms with Crippen LogP contribution in [0, 0.1) is 0 Å². The highest BCUT2D eigenvalue weighted by Crippen LogP contribution is 2.16. The van der Waals surface area contributed by atoms with Crippen molar-refractivity contribution in [1.29, 1.82) is 0 Å². The van der Waals surface area contributed by atoms with Crippen LogP contribution in [-0.4, -0.2) is 42.8 Å². The summed E-state index contributed by atoms with van der Waals surface area (Å²) in [5.41, 5.74) is 0.688. The highest BCUT2D eigenvalue weighted by molar-refractivity contribution is 5.18. The smallest absolute Gasteiger partial charge is 0.0718 e. The van der Waals surface area contributed by atoms with Gasteiger partial charge >= 0.3 is 0 Å². The molecule has 0 aliphatic carbocycles. The molecule has 0 spiro atoms. The number of hydrogen-bond donors (Lipinski definition) is 2. The van der Waals surface area contributed by atoms with Crippen molar-refractivity contribution in [2.24, 2.45) is 0 Å². The lowest BCUT2D eigenvalue weighted by molar-refractivity contribution is 0.0436. The van der Waals surface area contributed by atoms with Crippen molar-refractivity contribution in [3.8, 4) is 0 Å². The van der Waals surface area contributed by atoms with Crippen LogP contribution < -0.4 is 5.32 Å². The summed E-state index contributed by atoms with van der Waals surface area (Å²) in [6.07, 6.45) is 1.03. The minimum Gasteiger partial charge on any atom is -0.389 e. The van der Waals surface area contributed by atoms with Crippen LogP contribution in [0.4, 0.5) is 0 Å². The zero-order valence-corrected chi connectivity index (χ0v) is 12.0. The van der Waals surface area contributed by atoms with E-state index in [0.717, 1.165) is 13.0 Å². The summed E-state index contributed by atoms with van der Waals surface area (Å²) in [5, 5.41) is 13.1. The van der Waals surface area contributed by atoms with Crippen molar-refractivity contribution in [2.45, 2.75) is 31.9 Å². The minimum atomic E-state index is -0.628. The zero-order chi connectivity index (χ0) is 13.6. The number of benzene rings is 1. The van der Waals surface area contributed by atoms with Gasteiger partial charge in [-0.15, -0.1) is 0 Å². The Balaban J connectivity index is 2.46. The SMILES string of the molecule is CNC(CCN(C)CC(C)(C)O)c1ccccc1. The predicted octanol–water partition coefficient (Wildman–Crippen LogP) is 2.04. The maximum absolute atomic E-state index is 9.77. The van der Waals surface area contributed by atoms with E-state index in [1.54, 1.807) is 0 Å². The molecule has 1 aromatic carbocycles. The van der Waals surface area contributed by atoms with Crippen molar-refractivity contribution in [1.82, 2.24) is 10.2 Å². The summed E-state index contributed by atoms with van der Waals surface area (Å²) in [6.45, 7) is 5.34. The summed E-state index contributed by atoms with van der Waals surface area (Å²) < 4.78 is 0. The van der Waals surface area contributed by atoms with Crippen molar-refractivity contribution >= 4 is 0 Å². The van der Waals surface area contributed by atoms with Gasteiger partial charge < -0.3 is 15.3 Å². The topological polar surface area (TPSA) is 35.5 Å². The molecule has 0 aliphatic rings. The van der Waals surface area contributed by atoms with E-state index < -0.39 is 5.60 Å². The Morgan fingerprint density at radius 3 is 2.39 bits per heavy atom. The van der Waals surface area contributed by atoms with E-state index >= 15 is 0 Å². The molecule has 0 saturated heterocycles. The van der Waals surface area contributed by atoms with Crippen molar-refractivity contribution < 1.29 is 5.11 Å². The number of nitrogens with one attached hydrogen (secondary N) is 1. The number of aliphatic hydroxyl groups is 1. The number of nitrogens with zero attached hydrogens (tertiary/aromatic N) is 1. The normalized spacial score (nSPS) is 13.9. The van der Waals surface area contributed by atoms with E-state index in [1.165, 1.54) is 5.56 Å². The first-order valence-electron chi connectivity index (χ1n) is 6.55. The average Bonchev–Trinajstić information content (AvgIpc) is 2.29. The lowest BCUT2D eigenvalue weighted by Crippen LogP contribution is -2.37. The summed E-state index contributed by atoms with van der Waals surface area (Å²) >= 11 is 0. The second-order valence-electron chi connectivity index (χ2n) is 5.59. The Morgan fingerprint density at radius 2 is 1.89 bits per heavy atom. The molecule has 1 atom stereocenters. The van der Waals surface area contributed by atoms with Gasteiger partial charge in [0.05, 0.1) is 5.60 Å². The quantitative estimate of drug-likeness (QED) is 0.777. The first kappa shape index (κ1) is 15.2. The van der Waals surface area contributed by atoms with Crippen LogP contribution in [0.2, 0.25) is 0 Å². The third-order valence-corrected chi connectivity index (χ3v) is 3.01. The third kappa shape index (κ3) is 5.63. The van der Waals surface area contributed by atoms with E-state index in [-0.39, 0.29) is 0 Å². The van der Waals surface area contributed by atoms with Gasteiger partial charge in [-0.3, -0.25) is 0 Å². The van der Waals surface area contributed by atoms with Gasteiger partial charge in [0.25, 0.3) is 0 Å². The standard InChI is InChI=1S/C15H26N2O/c1-15(2,18)12-17(4)11-10-14(16-3)13-8-6-5-7-9-13/h5-9,14,16,18H,10-12H2,1-4H3. The number of hydrogen-bond acceptors (Lipinski definition) is 3. The van der Waals surface area contributed by atoms with Gasteiger partial charge in [-0.2, -0.15) is 0 Å². The zero-order valence-electron chi connectivity index (χ0n) is 12.0. The van der Waals surface area contributed by atoms with E-state index in [1.807, 2.05) is 27.0 Å². The number of likely N-dealkylation sites (N-methyl/N-ethyl adjacent to an activating group) is 1. The summed E-state index contributed by atoms with van der Waals surface area (Å²) in [7, 11) is 4.04. The van der Waals surface area contributed by atoms with Gasteiger partial charge in [-0.05, 0) is 46.5 Å². The molecule has 2 N–H and O–H groups in total. The van der Waals surface area contributed by atoms with E-state index in [9.17, 15) is 5.11 Å². The Morgan fingerprint density at radius 1 is 1.28 bits per heavy atom. The molecule has 1 unspecified atom stereocenters. The van der Waals surface area contributed by atoms with Gasteiger partial charge in [0, 0.05) is 12.6 Å². The maximum Gasteiger partial charge on any atom is 0.0718 e. The Hall–Kier alpha value is -0.900. The van der Waals surface area contributed by atoms with Crippen molar-refractivity contribution in [3.63, 3.8) is 0 Å². The van der Waals surface area contributed by atoms with Gasteiger partial charge in [0.15, 0.2) is 0 Å². The largest absolute Gasteiger partial charge is 0.389 e. The fourth-order valence-electron chi connectivity index (χ4n) is 2.25. The minimum absolute atomic E-state index is 0.371. The first-order valence-corrected chi connectivity index (χ1v) is 6.55. The van der Waals surface area contributed by atoms with Crippen LogP contribution in [0.25, 0.3) is 0 Å². The second kappa shape index (κ2) is 6.88. The summed E-state index contributed by atoms with van der Waals surface area (Å²) in [6, 6.07) is 10.8. The van der Waals surface area contributed by atoms with Crippen LogP contribution in [0.1, 0.15) is 31.9 Å². The van der Waals surface area contributed by atoms with Gasteiger partial charge in [-0.1, -0.05) is 30.3 Å². The van der Waals surface area contributed by atoms with Gasteiger partial charge in [0.1, 0.15) is 0 Å². The van der Waals surface area contributed by atoms with Crippen LogP contribution >= 0.6 is 0 Å². The molecule has 0 bridgehead atoms. The van der Waals surface area contributed by atoms with Gasteiger partial charge in [-0.25, -0.2) is 0 Å². The molecule has 1 rings (SSSR count). The van der Waals surface area contributed by atoms with E-state index in [4.69, 9.17) is 0 Å². The molecule has 0 aromatic heterocycles. The molecule has 0 aliphatic heterocycles. The summed E-state index contributed by atoms with van der Waals surface area (Å²) in [5.74, 6) is 0. The fourth-order valence-corrected chi connectivity index (χ4v) is 2.25. The van der Waals surface area contributed by atoms with Crippen LogP contribution in [0.5, 0.6) is 0 Å². The van der Waals surface area contributed by atoms with Gasteiger partial charge in [0.2, 0.25) is 0 Å². The highest BCUT2D eigenvalue weighted by atomic mass is 16.3. The number of rotatable bonds is 7. The molecule has 3 nitrogen and oxygen atoms in total. The lowest BCUT2D eigenvalue weighted by Gasteiger charge is -2.27. The molecule has 0 saturated carbocycles. The Bertz CT molecular complexity index is 332. The Labute approximate surface area is 111 Å². The van der Waals surface area contributed by atoms with Crippen LogP contribution in [0.15, 0.2) is 30.3 Å². The monoisotopic (exact) mass is 250 g/mol.